The van der Waals surface area contributed by atoms with Crippen LogP contribution in [0.1, 0.15) is 16.6 Å². The monoisotopic (exact) mass is 311 g/mol. The van der Waals surface area contributed by atoms with Crippen molar-refractivity contribution in [3.05, 3.63) is 53.9 Å². The van der Waals surface area contributed by atoms with Crippen LogP contribution in [-0.2, 0) is 0 Å². The van der Waals surface area contributed by atoms with Crippen LogP contribution in [0, 0.1) is 6.92 Å². The van der Waals surface area contributed by atoms with Gasteiger partial charge in [-0.3, -0.25) is 0 Å². The predicted octanol–water partition coefficient (Wildman–Crippen LogP) is 2.73. The average Bonchev–Trinajstić information content (AvgIpc) is 2.96. The van der Waals surface area contributed by atoms with Gasteiger partial charge in [0.05, 0.1) is 0 Å². The number of hydrogen-bond donors (Lipinski definition) is 0. The highest BCUT2D eigenvalue weighted by atomic mass is 32.2. The molecule has 3 aromatic rings. The Hall–Kier alpha value is -2.08. The first kappa shape index (κ1) is 13.6. The number of benzene rings is 1. The zero-order valence-electron chi connectivity index (χ0n) is 12.4. The van der Waals surface area contributed by atoms with Gasteiger partial charge in [0.25, 0.3) is 0 Å². The first-order valence-electron chi connectivity index (χ1n) is 7.42. The summed E-state index contributed by atoms with van der Waals surface area (Å²) in [6, 6.07) is 14.7. The Morgan fingerprint density at radius 3 is 2.82 bits per heavy atom. The van der Waals surface area contributed by atoms with Crippen molar-refractivity contribution in [1.82, 2.24) is 19.8 Å². The third-order valence-electron chi connectivity index (χ3n) is 3.97. The van der Waals surface area contributed by atoms with Crippen molar-refractivity contribution in [2.24, 2.45) is 0 Å². The Morgan fingerprint density at radius 1 is 1.09 bits per heavy atom. The molecule has 0 radical (unpaired) electrons. The smallest absolute Gasteiger partial charge is 0.178 e. The van der Waals surface area contributed by atoms with Crippen molar-refractivity contribution < 1.29 is 0 Å². The fraction of sp³-hybridized carbons (Fsp3) is 0.312. The molecule has 0 amide bonds. The van der Waals surface area contributed by atoms with E-state index in [2.05, 4.69) is 45.4 Å². The zero-order valence-corrected chi connectivity index (χ0v) is 13.2. The van der Waals surface area contributed by atoms with E-state index in [1.807, 2.05) is 35.3 Å². The molecular formula is C16H17N5S. The standard InChI is InChI=1S/C16H17N5S/c1-12-17-18-15-7-8-16(19-21(12)15)20-9-10-22-14(11-20)13-5-3-2-4-6-13/h2-8,14H,9-11H2,1H3/t14-/m1/s1. The Bertz CT molecular complexity index is 786. The summed E-state index contributed by atoms with van der Waals surface area (Å²) in [6.07, 6.45) is 0. The van der Waals surface area contributed by atoms with E-state index in [0.29, 0.717) is 5.25 Å². The van der Waals surface area contributed by atoms with Crippen molar-refractivity contribution in [3.63, 3.8) is 0 Å². The lowest BCUT2D eigenvalue weighted by Gasteiger charge is -2.33. The molecule has 0 N–H and O–H groups in total. The molecule has 3 heterocycles. The van der Waals surface area contributed by atoms with Gasteiger partial charge in [-0.2, -0.15) is 16.3 Å². The Balaban J connectivity index is 1.62. The molecule has 0 aliphatic carbocycles. The van der Waals surface area contributed by atoms with E-state index < -0.39 is 0 Å². The molecule has 0 saturated carbocycles. The molecule has 1 saturated heterocycles. The fourth-order valence-electron chi connectivity index (χ4n) is 2.78. The van der Waals surface area contributed by atoms with Gasteiger partial charge in [0.2, 0.25) is 0 Å². The molecule has 0 unspecified atom stereocenters. The fourth-order valence-corrected chi connectivity index (χ4v) is 4.03. The Labute approximate surface area is 133 Å². The number of aryl methyl sites for hydroxylation is 1. The largest absolute Gasteiger partial charge is 0.353 e. The van der Waals surface area contributed by atoms with E-state index in [4.69, 9.17) is 5.10 Å². The molecule has 0 bridgehead atoms. The van der Waals surface area contributed by atoms with Gasteiger partial charge >= 0.3 is 0 Å². The van der Waals surface area contributed by atoms with Crippen LogP contribution in [0.15, 0.2) is 42.5 Å². The lowest BCUT2D eigenvalue weighted by molar-refractivity contribution is 0.741. The van der Waals surface area contributed by atoms with Crippen molar-refractivity contribution >= 4 is 23.2 Å². The summed E-state index contributed by atoms with van der Waals surface area (Å²) in [5.74, 6) is 2.93. The van der Waals surface area contributed by atoms with E-state index in [1.165, 1.54) is 5.56 Å². The SMILES string of the molecule is Cc1nnc2ccc(N3CCS[C@@H](c4ccccc4)C3)nn12. The highest BCUT2D eigenvalue weighted by molar-refractivity contribution is 7.99. The second kappa shape index (κ2) is 5.61. The topological polar surface area (TPSA) is 46.3 Å². The minimum Gasteiger partial charge on any atom is -0.353 e. The van der Waals surface area contributed by atoms with Crippen LogP contribution in [-0.4, -0.2) is 38.7 Å². The van der Waals surface area contributed by atoms with E-state index in [-0.39, 0.29) is 0 Å². The van der Waals surface area contributed by atoms with Gasteiger partial charge < -0.3 is 4.90 Å². The second-order valence-corrected chi connectivity index (χ2v) is 6.74. The van der Waals surface area contributed by atoms with Crippen LogP contribution in [0.4, 0.5) is 5.82 Å². The third kappa shape index (κ3) is 2.43. The van der Waals surface area contributed by atoms with Gasteiger partial charge in [-0.25, -0.2) is 0 Å². The number of fused-ring (bicyclic) bond motifs is 1. The van der Waals surface area contributed by atoms with Crippen molar-refractivity contribution in [1.29, 1.82) is 0 Å². The first-order valence-corrected chi connectivity index (χ1v) is 8.47. The van der Waals surface area contributed by atoms with Gasteiger partial charge in [-0.15, -0.1) is 15.3 Å². The summed E-state index contributed by atoms with van der Waals surface area (Å²) in [5, 5.41) is 13.4. The average molecular weight is 311 g/mol. The van der Waals surface area contributed by atoms with Crippen LogP contribution in [0.3, 0.4) is 0 Å². The number of thioether (sulfide) groups is 1. The van der Waals surface area contributed by atoms with Gasteiger partial charge in [-0.1, -0.05) is 30.3 Å². The second-order valence-electron chi connectivity index (χ2n) is 5.42. The van der Waals surface area contributed by atoms with Gasteiger partial charge in [0.1, 0.15) is 5.82 Å². The lowest BCUT2D eigenvalue weighted by Crippen LogP contribution is -2.35. The summed E-state index contributed by atoms with van der Waals surface area (Å²) in [4.78, 5) is 2.35. The van der Waals surface area contributed by atoms with Crippen LogP contribution in [0.2, 0.25) is 0 Å². The number of nitrogens with zero attached hydrogens (tertiary/aromatic N) is 5. The maximum atomic E-state index is 4.69. The quantitative estimate of drug-likeness (QED) is 0.728. The van der Waals surface area contributed by atoms with Crippen LogP contribution >= 0.6 is 11.8 Å². The van der Waals surface area contributed by atoms with E-state index in [9.17, 15) is 0 Å². The van der Waals surface area contributed by atoms with Gasteiger partial charge in [0.15, 0.2) is 11.5 Å². The van der Waals surface area contributed by atoms with Crippen LogP contribution in [0.25, 0.3) is 5.65 Å². The minimum absolute atomic E-state index is 0.495. The molecular weight excluding hydrogens is 294 g/mol. The van der Waals surface area contributed by atoms with Gasteiger partial charge in [0, 0.05) is 24.1 Å². The molecule has 4 rings (SSSR count). The van der Waals surface area contributed by atoms with Crippen molar-refractivity contribution in [3.8, 4) is 0 Å². The molecule has 5 nitrogen and oxygen atoms in total. The van der Waals surface area contributed by atoms with E-state index in [1.54, 1.807) is 0 Å². The van der Waals surface area contributed by atoms with E-state index in [0.717, 1.165) is 36.1 Å². The summed E-state index contributed by atoms with van der Waals surface area (Å²) >= 11 is 2.02. The molecule has 1 aliphatic heterocycles. The lowest BCUT2D eigenvalue weighted by atomic mass is 10.1. The number of anilines is 1. The van der Waals surface area contributed by atoms with Crippen LogP contribution < -0.4 is 4.90 Å². The minimum atomic E-state index is 0.495. The molecule has 1 aliphatic rings. The summed E-state index contributed by atoms with van der Waals surface area (Å²) in [6.45, 7) is 3.93. The molecule has 6 heteroatoms. The molecule has 112 valence electrons. The van der Waals surface area contributed by atoms with Crippen LogP contribution in [0.5, 0.6) is 0 Å². The first-order chi connectivity index (χ1) is 10.8. The molecule has 22 heavy (non-hydrogen) atoms. The summed E-state index contributed by atoms with van der Waals surface area (Å²) in [7, 11) is 0. The molecule has 1 aromatic carbocycles. The Kier molecular flexibility index (Phi) is 3.46. The maximum Gasteiger partial charge on any atom is 0.178 e. The molecule has 0 spiro atoms. The third-order valence-corrected chi connectivity index (χ3v) is 5.21. The summed E-state index contributed by atoms with van der Waals surface area (Å²) < 4.78 is 1.81. The Morgan fingerprint density at radius 2 is 1.95 bits per heavy atom. The molecule has 1 atom stereocenters. The maximum absolute atomic E-state index is 4.69. The highest BCUT2D eigenvalue weighted by Gasteiger charge is 2.23. The normalized spacial score (nSPS) is 18.8. The number of aromatic nitrogens is 4. The van der Waals surface area contributed by atoms with Gasteiger partial charge in [-0.05, 0) is 24.6 Å². The molecule has 2 aromatic heterocycles. The highest BCUT2D eigenvalue weighted by Crippen LogP contribution is 2.34. The zero-order chi connectivity index (χ0) is 14.9. The molecule has 1 fully saturated rings. The van der Waals surface area contributed by atoms with Crippen molar-refractivity contribution in [2.45, 2.75) is 12.2 Å². The predicted molar refractivity (Wildman–Crippen MR) is 89.4 cm³/mol. The number of hydrogen-bond acceptors (Lipinski definition) is 5. The van der Waals surface area contributed by atoms with Crippen molar-refractivity contribution in [2.75, 3.05) is 23.7 Å². The van der Waals surface area contributed by atoms with E-state index >= 15 is 0 Å². The summed E-state index contributed by atoms with van der Waals surface area (Å²) in [5.41, 5.74) is 2.19. The number of rotatable bonds is 2.